The lowest BCUT2D eigenvalue weighted by atomic mass is 10.0. The van der Waals surface area contributed by atoms with Crippen molar-refractivity contribution in [2.45, 2.75) is 25.1 Å². The summed E-state index contributed by atoms with van der Waals surface area (Å²) in [5.41, 5.74) is 1.02. The lowest BCUT2D eigenvalue weighted by Gasteiger charge is -2.24. The molecule has 23 heavy (non-hydrogen) atoms. The van der Waals surface area contributed by atoms with Crippen molar-refractivity contribution in [1.82, 2.24) is 9.88 Å². The first-order valence-corrected chi connectivity index (χ1v) is 7.43. The van der Waals surface area contributed by atoms with Crippen molar-refractivity contribution in [2.75, 3.05) is 13.7 Å². The van der Waals surface area contributed by atoms with Crippen molar-refractivity contribution in [3.63, 3.8) is 0 Å². The SMILES string of the molecule is COc1ccnc(CN2CC(O)CC2c2cc(F)ccc2F)c1. The standard InChI is InChI=1S/C17H18F2N2O2/c1-23-14-4-5-20-12(7-14)9-21-10-13(22)8-17(21)15-6-11(18)2-3-16(15)19/h2-7,13,17,22H,8-10H2,1H3. The van der Waals surface area contributed by atoms with Gasteiger partial charge in [-0.1, -0.05) is 0 Å². The molecule has 1 aliphatic rings. The fourth-order valence-corrected chi connectivity index (χ4v) is 3.03. The first-order chi connectivity index (χ1) is 11.1. The summed E-state index contributed by atoms with van der Waals surface area (Å²) in [6.45, 7) is 0.814. The molecule has 1 aromatic heterocycles. The topological polar surface area (TPSA) is 45.6 Å². The van der Waals surface area contributed by atoms with Gasteiger partial charge in [0.15, 0.2) is 0 Å². The highest BCUT2D eigenvalue weighted by atomic mass is 19.1. The maximum atomic E-state index is 14.1. The number of pyridine rings is 1. The van der Waals surface area contributed by atoms with Gasteiger partial charge in [-0.15, -0.1) is 0 Å². The van der Waals surface area contributed by atoms with E-state index in [9.17, 15) is 13.9 Å². The van der Waals surface area contributed by atoms with Crippen molar-refractivity contribution < 1.29 is 18.6 Å². The molecule has 1 aromatic carbocycles. The average Bonchev–Trinajstić information content (AvgIpc) is 2.90. The van der Waals surface area contributed by atoms with Crippen LogP contribution in [0.1, 0.15) is 23.7 Å². The van der Waals surface area contributed by atoms with Crippen LogP contribution in [-0.2, 0) is 6.54 Å². The van der Waals surface area contributed by atoms with E-state index in [2.05, 4.69) is 4.98 Å². The van der Waals surface area contributed by atoms with Gasteiger partial charge < -0.3 is 9.84 Å². The van der Waals surface area contributed by atoms with Gasteiger partial charge in [-0.2, -0.15) is 0 Å². The quantitative estimate of drug-likeness (QED) is 0.941. The van der Waals surface area contributed by atoms with E-state index >= 15 is 0 Å². The number of benzene rings is 1. The molecule has 1 aliphatic heterocycles. The zero-order valence-electron chi connectivity index (χ0n) is 12.7. The minimum atomic E-state index is -0.576. The van der Waals surface area contributed by atoms with Gasteiger partial charge in [-0.05, 0) is 30.7 Å². The summed E-state index contributed by atoms with van der Waals surface area (Å²) in [5.74, 6) is -0.264. The number of aliphatic hydroxyl groups excluding tert-OH is 1. The van der Waals surface area contributed by atoms with Crippen LogP contribution in [0.4, 0.5) is 8.78 Å². The third-order valence-corrected chi connectivity index (χ3v) is 4.09. The van der Waals surface area contributed by atoms with E-state index < -0.39 is 17.7 Å². The van der Waals surface area contributed by atoms with Gasteiger partial charge >= 0.3 is 0 Å². The highest BCUT2D eigenvalue weighted by Gasteiger charge is 2.34. The zero-order valence-corrected chi connectivity index (χ0v) is 12.7. The van der Waals surface area contributed by atoms with Crippen molar-refractivity contribution >= 4 is 0 Å². The monoisotopic (exact) mass is 320 g/mol. The molecule has 1 fully saturated rings. The third-order valence-electron chi connectivity index (χ3n) is 4.09. The molecule has 0 radical (unpaired) electrons. The molecule has 2 aromatic rings. The molecule has 0 amide bonds. The molecule has 1 saturated heterocycles. The van der Waals surface area contributed by atoms with E-state index in [0.717, 1.165) is 17.8 Å². The Morgan fingerprint density at radius 1 is 1.30 bits per heavy atom. The number of nitrogens with zero attached hydrogens (tertiary/aromatic N) is 2. The number of hydrogen-bond donors (Lipinski definition) is 1. The summed E-state index contributed by atoms with van der Waals surface area (Å²) >= 11 is 0. The molecule has 1 N–H and O–H groups in total. The van der Waals surface area contributed by atoms with E-state index in [4.69, 9.17) is 4.74 Å². The van der Waals surface area contributed by atoms with Crippen LogP contribution in [0.15, 0.2) is 36.5 Å². The van der Waals surface area contributed by atoms with Crippen LogP contribution >= 0.6 is 0 Å². The van der Waals surface area contributed by atoms with E-state index in [-0.39, 0.29) is 11.6 Å². The Labute approximate surface area is 133 Å². The van der Waals surface area contributed by atoms with Crippen molar-refractivity contribution in [1.29, 1.82) is 0 Å². The molecule has 2 heterocycles. The fraction of sp³-hybridized carbons (Fsp3) is 0.353. The Bertz CT molecular complexity index is 696. The second kappa shape index (κ2) is 6.60. The number of aliphatic hydroxyl groups is 1. The first-order valence-electron chi connectivity index (χ1n) is 7.43. The molecule has 4 nitrogen and oxygen atoms in total. The number of halogens is 2. The van der Waals surface area contributed by atoms with Gasteiger partial charge in [0, 0.05) is 37.0 Å². The summed E-state index contributed by atoms with van der Waals surface area (Å²) in [5, 5.41) is 9.97. The van der Waals surface area contributed by atoms with E-state index in [1.165, 1.54) is 6.07 Å². The molecule has 0 aliphatic carbocycles. The highest BCUT2D eigenvalue weighted by Crippen LogP contribution is 2.35. The molecule has 0 saturated carbocycles. The summed E-state index contributed by atoms with van der Waals surface area (Å²) in [6, 6.07) is 6.57. The Hall–Kier alpha value is -2.05. The molecule has 2 unspecified atom stereocenters. The lowest BCUT2D eigenvalue weighted by molar-refractivity contribution is 0.172. The van der Waals surface area contributed by atoms with Gasteiger partial charge in [-0.25, -0.2) is 8.78 Å². The highest BCUT2D eigenvalue weighted by molar-refractivity contribution is 5.25. The first kappa shape index (κ1) is 15.8. The predicted octanol–water partition coefficient (Wildman–Crippen LogP) is 2.68. The summed E-state index contributed by atoms with van der Waals surface area (Å²) in [4.78, 5) is 6.18. The number of hydrogen-bond acceptors (Lipinski definition) is 4. The van der Waals surface area contributed by atoms with Crippen LogP contribution in [-0.4, -0.2) is 34.7 Å². The van der Waals surface area contributed by atoms with E-state index in [1.54, 1.807) is 25.4 Å². The Balaban J connectivity index is 1.86. The molecule has 122 valence electrons. The second-order valence-corrected chi connectivity index (χ2v) is 5.69. The largest absolute Gasteiger partial charge is 0.497 e. The zero-order chi connectivity index (χ0) is 16.4. The maximum Gasteiger partial charge on any atom is 0.128 e. The van der Waals surface area contributed by atoms with Crippen LogP contribution in [0.25, 0.3) is 0 Å². The van der Waals surface area contributed by atoms with Crippen molar-refractivity contribution in [3.05, 3.63) is 59.4 Å². The minimum Gasteiger partial charge on any atom is -0.497 e. The third kappa shape index (κ3) is 3.48. The second-order valence-electron chi connectivity index (χ2n) is 5.69. The number of aromatic nitrogens is 1. The number of likely N-dealkylation sites (tertiary alicyclic amines) is 1. The number of β-amino-alcohol motifs (C(OH)–C–C–N with tert-alkyl or cyclic N) is 1. The van der Waals surface area contributed by atoms with Crippen LogP contribution in [0.3, 0.4) is 0 Å². The Morgan fingerprint density at radius 2 is 2.13 bits per heavy atom. The molecule has 6 heteroatoms. The summed E-state index contributed by atoms with van der Waals surface area (Å²) in [7, 11) is 1.57. The van der Waals surface area contributed by atoms with Crippen LogP contribution in [0, 0.1) is 11.6 Å². The van der Waals surface area contributed by atoms with E-state index in [1.807, 2.05) is 4.90 Å². The molecular formula is C17H18F2N2O2. The van der Waals surface area contributed by atoms with Gasteiger partial charge in [0.2, 0.25) is 0 Å². The molecule has 0 bridgehead atoms. The summed E-state index contributed by atoms with van der Waals surface area (Å²) in [6.07, 6.45) is 1.43. The number of rotatable bonds is 4. The normalized spacial score (nSPS) is 21.6. The predicted molar refractivity (Wildman–Crippen MR) is 80.9 cm³/mol. The van der Waals surface area contributed by atoms with Gasteiger partial charge in [0.25, 0.3) is 0 Å². The molecule has 3 rings (SSSR count). The van der Waals surface area contributed by atoms with Crippen molar-refractivity contribution in [2.24, 2.45) is 0 Å². The van der Waals surface area contributed by atoms with Gasteiger partial charge in [-0.3, -0.25) is 9.88 Å². The number of methoxy groups -OCH3 is 1. The lowest BCUT2D eigenvalue weighted by Crippen LogP contribution is -2.25. The Morgan fingerprint density at radius 3 is 2.91 bits per heavy atom. The van der Waals surface area contributed by atoms with Gasteiger partial charge in [0.05, 0.1) is 18.9 Å². The van der Waals surface area contributed by atoms with Crippen LogP contribution in [0.2, 0.25) is 0 Å². The number of ether oxygens (including phenoxy) is 1. The molecule has 0 spiro atoms. The molecule has 2 atom stereocenters. The van der Waals surface area contributed by atoms with Crippen LogP contribution in [0.5, 0.6) is 5.75 Å². The fourth-order valence-electron chi connectivity index (χ4n) is 3.03. The average molecular weight is 320 g/mol. The smallest absolute Gasteiger partial charge is 0.128 e. The summed E-state index contributed by atoms with van der Waals surface area (Å²) < 4.78 is 32.7. The van der Waals surface area contributed by atoms with Gasteiger partial charge in [0.1, 0.15) is 17.4 Å². The van der Waals surface area contributed by atoms with Crippen molar-refractivity contribution in [3.8, 4) is 5.75 Å². The van der Waals surface area contributed by atoms with Crippen LogP contribution < -0.4 is 4.74 Å². The Kier molecular flexibility index (Phi) is 4.54. The maximum absolute atomic E-state index is 14.1. The molecular weight excluding hydrogens is 302 g/mol. The minimum absolute atomic E-state index is 0.268. The van der Waals surface area contributed by atoms with E-state index in [0.29, 0.717) is 25.3 Å².